The zero-order chi connectivity index (χ0) is 19.4. The standard InChI is InChI=1S/C18H18FIN4O3/c19-14-7-11(20)1-2-15(14)23-16-8-21-5-3-13(16)18(27)22-12-9-24(10-12)6-4-17(25)26/h1-3,5,7-8,12,23H,4,6,9-10H2,(H,22,27)(H,25,26). The lowest BCUT2D eigenvalue weighted by atomic mass is 10.1. The molecule has 142 valence electrons. The van der Waals surface area contributed by atoms with Gasteiger partial charge in [-0.15, -0.1) is 0 Å². The van der Waals surface area contributed by atoms with Gasteiger partial charge in [0.2, 0.25) is 0 Å². The predicted molar refractivity (Wildman–Crippen MR) is 107 cm³/mol. The molecule has 27 heavy (non-hydrogen) atoms. The fraction of sp³-hybridized carbons (Fsp3) is 0.278. The van der Waals surface area contributed by atoms with Crippen LogP contribution in [0.4, 0.5) is 15.8 Å². The second kappa shape index (κ2) is 8.61. The van der Waals surface area contributed by atoms with Crippen LogP contribution in [-0.2, 0) is 4.79 Å². The summed E-state index contributed by atoms with van der Waals surface area (Å²) in [4.78, 5) is 29.1. The zero-order valence-electron chi connectivity index (χ0n) is 14.3. The van der Waals surface area contributed by atoms with Gasteiger partial charge in [-0.25, -0.2) is 4.39 Å². The van der Waals surface area contributed by atoms with Crippen LogP contribution in [0.25, 0.3) is 0 Å². The molecule has 1 aromatic carbocycles. The number of amides is 1. The molecule has 1 aliphatic rings. The number of hydrogen-bond acceptors (Lipinski definition) is 5. The van der Waals surface area contributed by atoms with Crippen molar-refractivity contribution in [1.29, 1.82) is 0 Å². The molecule has 9 heteroatoms. The highest BCUT2D eigenvalue weighted by Crippen LogP contribution is 2.24. The number of rotatable bonds is 7. The lowest BCUT2D eigenvalue weighted by Crippen LogP contribution is -2.59. The second-order valence-corrected chi connectivity index (χ2v) is 7.49. The summed E-state index contributed by atoms with van der Waals surface area (Å²) in [5.74, 6) is -1.53. The molecule has 0 aliphatic carbocycles. The lowest BCUT2D eigenvalue weighted by Gasteiger charge is -2.39. The number of carbonyl (C=O) groups excluding carboxylic acids is 1. The van der Waals surface area contributed by atoms with Gasteiger partial charge in [-0.2, -0.15) is 0 Å². The minimum absolute atomic E-state index is 0.0395. The van der Waals surface area contributed by atoms with Crippen molar-refractivity contribution in [2.75, 3.05) is 25.0 Å². The molecule has 2 heterocycles. The Hall–Kier alpha value is -2.27. The molecule has 7 nitrogen and oxygen atoms in total. The number of anilines is 2. The van der Waals surface area contributed by atoms with Gasteiger partial charge in [0.15, 0.2) is 0 Å². The largest absolute Gasteiger partial charge is 0.481 e. The Labute approximate surface area is 169 Å². The van der Waals surface area contributed by atoms with Gasteiger partial charge >= 0.3 is 5.97 Å². The third-order valence-corrected chi connectivity index (χ3v) is 4.87. The van der Waals surface area contributed by atoms with Crippen LogP contribution in [-0.4, -0.2) is 52.5 Å². The smallest absolute Gasteiger partial charge is 0.304 e. The average Bonchev–Trinajstić information content (AvgIpc) is 2.59. The molecule has 1 aromatic heterocycles. The highest BCUT2D eigenvalue weighted by molar-refractivity contribution is 14.1. The van der Waals surface area contributed by atoms with E-state index in [1.165, 1.54) is 18.5 Å². The first kappa shape index (κ1) is 19.5. The van der Waals surface area contributed by atoms with Gasteiger partial charge in [0, 0.05) is 29.4 Å². The van der Waals surface area contributed by atoms with E-state index in [0.29, 0.717) is 30.9 Å². The van der Waals surface area contributed by atoms with Crippen molar-refractivity contribution in [1.82, 2.24) is 15.2 Å². The third-order valence-electron chi connectivity index (χ3n) is 4.20. The van der Waals surface area contributed by atoms with Crippen LogP contribution in [0.5, 0.6) is 0 Å². The SMILES string of the molecule is O=C(O)CCN1CC(NC(=O)c2ccncc2Nc2ccc(I)cc2F)C1. The Morgan fingerprint density at radius 2 is 2.07 bits per heavy atom. The van der Waals surface area contributed by atoms with Crippen LogP contribution < -0.4 is 10.6 Å². The number of halogens is 2. The predicted octanol–water partition coefficient (Wildman–Crippen LogP) is 2.46. The quantitative estimate of drug-likeness (QED) is 0.523. The van der Waals surface area contributed by atoms with E-state index in [1.807, 2.05) is 27.5 Å². The fourth-order valence-electron chi connectivity index (χ4n) is 2.79. The van der Waals surface area contributed by atoms with Gasteiger partial charge < -0.3 is 15.7 Å². The van der Waals surface area contributed by atoms with Crippen molar-refractivity contribution in [2.24, 2.45) is 0 Å². The molecule has 1 fully saturated rings. The monoisotopic (exact) mass is 484 g/mol. The maximum Gasteiger partial charge on any atom is 0.304 e. The maximum atomic E-state index is 14.1. The Kier molecular flexibility index (Phi) is 6.22. The first-order valence-corrected chi connectivity index (χ1v) is 9.41. The number of carbonyl (C=O) groups is 2. The third kappa shape index (κ3) is 5.13. The Morgan fingerprint density at radius 1 is 1.30 bits per heavy atom. The molecule has 0 spiro atoms. The van der Waals surface area contributed by atoms with Crippen LogP contribution in [0.3, 0.4) is 0 Å². The first-order chi connectivity index (χ1) is 12.9. The number of hydrogen-bond donors (Lipinski definition) is 3. The van der Waals surface area contributed by atoms with E-state index in [1.54, 1.807) is 18.2 Å². The van der Waals surface area contributed by atoms with Crippen LogP contribution in [0, 0.1) is 9.39 Å². The van der Waals surface area contributed by atoms with Crippen molar-refractivity contribution in [3.63, 3.8) is 0 Å². The number of nitrogens with zero attached hydrogens (tertiary/aromatic N) is 2. The number of likely N-dealkylation sites (tertiary alicyclic amines) is 1. The number of carboxylic acid groups (broad SMARTS) is 1. The van der Waals surface area contributed by atoms with Crippen LogP contribution in [0.15, 0.2) is 36.7 Å². The summed E-state index contributed by atoms with van der Waals surface area (Å²) in [7, 11) is 0. The highest BCUT2D eigenvalue weighted by atomic mass is 127. The second-order valence-electron chi connectivity index (χ2n) is 6.24. The van der Waals surface area contributed by atoms with E-state index in [0.717, 1.165) is 3.57 Å². The Balaban J connectivity index is 1.62. The number of benzene rings is 1. The van der Waals surface area contributed by atoms with Crippen molar-refractivity contribution >= 4 is 45.8 Å². The van der Waals surface area contributed by atoms with E-state index in [-0.39, 0.29) is 24.1 Å². The van der Waals surface area contributed by atoms with Crippen molar-refractivity contribution in [3.05, 3.63) is 51.6 Å². The van der Waals surface area contributed by atoms with Gasteiger partial charge in [-0.3, -0.25) is 19.5 Å². The van der Waals surface area contributed by atoms with Crippen molar-refractivity contribution in [3.8, 4) is 0 Å². The maximum absolute atomic E-state index is 14.1. The molecule has 0 bridgehead atoms. The van der Waals surface area contributed by atoms with E-state index in [4.69, 9.17) is 5.11 Å². The number of pyridine rings is 1. The van der Waals surface area contributed by atoms with Gasteiger partial charge in [0.25, 0.3) is 5.91 Å². The summed E-state index contributed by atoms with van der Waals surface area (Å²) in [6.45, 7) is 1.69. The summed E-state index contributed by atoms with van der Waals surface area (Å²) in [6, 6.07) is 6.31. The minimum atomic E-state index is -0.835. The fourth-order valence-corrected chi connectivity index (χ4v) is 3.24. The number of carboxylic acids is 1. The van der Waals surface area contributed by atoms with E-state index < -0.39 is 11.8 Å². The normalized spacial score (nSPS) is 14.4. The number of aromatic nitrogens is 1. The number of aliphatic carboxylic acids is 1. The molecule has 0 unspecified atom stereocenters. The summed E-state index contributed by atoms with van der Waals surface area (Å²) < 4.78 is 14.9. The molecule has 3 N–H and O–H groups in total. The lowest BCUT2D eigenvalue weighted by molar-refractivity contribution is -0.137. The Morgan fingerprint density at radius 3 is 2.78 bits per heavy atom. The van der Waals surface area contributed by atoms with E-state index in [9.17, 15) is 14.0 Å². The van der Waals surface area contributed by atoms with E-state index in [2.05, 4.69) is 15.6 Å². The first-order valence-electron chi connectivity index (χ1n) is 8.33. The van der Waals surface area contributed by atoms with Gasteiger partial charge in [-0.1, -0.05) is 0 Å². The summed E-state index contributed by atoms with van der Waals surface area (Å²) in [5.41, 5.74) is 1.05. The van der Waals surface area contributed by atoms with Crippen LogP contribution in [0.2, 0.25) is 0 Å². The summed E-state index contributed by atoms with van der Waals surface area (Å²) in [6.07, 6.45) is 3.07. The molecule has 0 saturated carbocycles. The molecule has 2 aromatic rings. The topological polar surface area (TPSA) is 94.6 Å². The molecule has 0 atom stereocenters. The van der Waals surface area contributed by atoms with E-state index >= 15 is 0 Å². The molecule has 1 saturated heterocycles. The molecule has 0 radical (unpaired) electrons. The average molecular weight is 484 g/mol. The summed E-state index contributed by atoms with van der Waals surface area (Å²) in [5, 5.41) is 14.5. The molecular weight excluding hydrogens is 466 g/mol. The zero-order valence-corrected chi connectivity index (χ0v) is 16.4. The molecule has 3 rings (SSSR count). The Bertz CT molecular complexity index is 858. The highest BCUT2D eigenvalue weighted by Gasteiger charge is 2.28. The van der Waals surface area contributed by atoms with Crippen molar-refractivity contribution in [2.45, 2.75) is 12.5 Å². The van der Waals surface area contributed by atoms with Gasteiger partial charge in [-0.05, 0) is 46.9 Å². The molecular formula is C18H18FIN4O3. The minimum Gasteiger partial charge on any atom is -0.481 e. The van der Waals surface area contributed by atoms with Crippen LogP contribution in [0.1, 0.15) is 16.8 Å². The number of nitrogens with one attached hydrogen (secondary N) is 2. The molecule has 1 aliphatic heterocycles. The summed E-state index contributed by atoms with van der Waals surface area (Å²) >= 11 is 2.02. The van der Waals surface area contributed by atoms with Crippen LogP contribution >= 0.6 is 22.6 Å². The molecule has 1 amide bonds. The van der Waals surface area contributed by atoms with Crippen molar-refractivity contribution < 1.29 is 19.1 Å². The van der Waals surface area contributed by atoms with Gasteiger partial charge in [0.1, 0.15) is 5.82 Å². The van der Waals surface area contributed by atoms with Gasteiger partial charge in [0.05, 0.1) is 35.6 Å².